The predicted molar refractivity (Wildman–Crippen MR) is 86.8 cm³/mol. The second kappa shape index (κ2) is 5.78. The number of methoxy groups -OCH3 is 1. The molecule has 1 heterocycles. The van der Waals surface area contributed by atoms with Gasteiger partial charge in [-0.05, 0) is 36.8 Å². The molecule has 3 nitrogen and oxygen atoms in total. The first kappa shape index (κ1) is 14.0. The number of aryl methyl sites for hydroxylation is 2. The molecule has 0 atom stereocenters. The standard InChI is InChI=1S/C17H17ClN2O/c1-12-6-7-16-15(10-12)19-17(8-9-18)20(16)13-4-3-5-14(11-13)21-2/h3-7,10-11H,8-9H2,1-2H3. The molecule has 108 valence electrons. The van der Waals surface area contributed by atoms with Crippen molar-refractivity contribution in [1.82, 2.24) is 9.55 Å². The summed E-state index contributed by atoms with van der Waals surface area (Å²) in [5.74, 6) is 2.35. The Hall–Kier alpha value is -2.00. The van der Waals surface area contributed by atoms with Gasteiger partial charge in [0.1, 0.15) is 11.6 Å². The fourth-order valence-corrected chi connectivity index (χ4v) is 2.70. The molecule has 0 fully saturated rings. The molecule has 3 aromatic rings. The van der Waals surface area contributed by atoms with Gasteiger partial charge >= 0.3 is 0 Å². The van der Waals surface area contributed by atoms with Gasteiger partial charge in [-0.15, -0.1) is 11.6 Å². The van der Waals surface area contributed by atoms with E-state index in [0.717, 1.165) is 34.7 Å². The molecular weight excluding hydrogens is 284 g/mol. The molecule has 4 heteroatoms. The lowest BCUT2D eigenvalue weighted by Crippen LogP contribution is -2.02. The van der Waals surface area contributed by atoms with E-state index in [4.69, 9.17) is 21.3 Å². The molecule has 0 N–H and O–H groups in total. The molecule has 0 unspecified atom stereocenters. The summed E-state index contributed by atoms with van der Waals surface area (Å²) in [7, 11) is 1.67. The monoisotopic (exact) mass is 300 g/mol. The van der Waals surface area contributed by atoms with Crippen LogP contribution in [0.4, 0.5) is 0 Å². The van der Waals surface area contributed by atoms with Crippen LogP contribution in [0.5, 0.6) is 5.75 Å². The fraction of sp³-hybridized carbons (Fsp3) is 0.235. The third-order valence-corrected chi connectivity index (χ3v) is 3.70. The number of alkyl halides is 1. The van der Waals surface area contributed by atoms with E-state index in [-0.39, 0.29) is 0 Å². The molecule has 0 bridgehead atoms. The predicted octanol–water partition coefficient (Wildman–Crippen LogP) is 4.12. The Labute approximate surface area is 129 Å². The minimum Gasteiger partial charge on any atom is -0.497 e. The number of rotatable bonds is 4. The highest BCUT2D eigenvalue weighted by Gasteiger charge is 2.12. The Bertz CT molecular complexity index is 780. The van der Waals surface area contributed by atoms with Crippen molar-refractivity contribution in [3.8, 4) is 11.4 Å². The Morgan fingerprint density at radius 1 is 1.19 bits per heavy atom. The first-order valence-corrected chi connectivity index (χ1v) is 7.45. The highest BCUT2D eigenvalue weighted by atomic mass is 35.5. The van der Waals surface area contributed by atoms with E-state index in [1.54, 1.807) is 7.11 Å². The number of hydrogen-bond donors (Lipinski definition) is 0. The smallest absolute Gasteiger partial charge is 0.120 e. The highest BCUT2D eigenvalue weighted by Crippen LogP contribution is 2.25. The Kier molecular flexibility index (Phi) is 3.84. The van der Waals surface area contributed by atoms with Crippen molar-refractivity contribution < 1.29 is 4.74 Å². The van der Waals surface area contributed by atoms with Crippen LogP contribution < -0.4 is 4.74 Å². The van der Waals surface area contributed by atoms with Crippen molar-refractivity contribution in [2.75, 3.05) is 13.0 Å². The van der Waals surface area contributed by atoms with E-state index in [9.17, 15) is 0 Å². The molecule has 0 radical (unpaired) electrons. The molecule has 0 aliphatic carbocycles. The van der Waals surface area contributed by atoms with Crippen molar-refractivity contribution in [1.29, 1.82) is 0 Å². The number of hydrogen-bond acceptors (Lipinski definition) is 2. The van der Waals surface area contributed by atoms with Gasteiger partial charge < -0.3 is 4.74 Å². The van der Waals surface area contributed by atoms with E-state index in [2.05, 4.69) is 35.8 Å². The summed E-state index contributed by atoms with van der Waals surface area (Å²) in [5.41, 5.74) is 4.34. The van der Waals surface area contributed by atoms with Crippen LogP contribution >= 0.6 is 11.6 Å². The zero-order chi connectivity index (χ0) is 14.8. The van der Waals surface area contributed by atoms with E-state index < -0.39 is 0 Å². The van der Waals surface area contributed by atoms with Gasteiger partial charge in [-0.2, -0.15) is 0 Å². The summed E-state index contributed by atoms with van der Waals surface area (Å²) < 4.78 is 7.48. The zero-order valence-corrected chi connectivity index (χ0v) is 12.9. The lowest BCUT2D eigenvalue weighted by molar-refractivity contribution is 0.414. The van der Waals surface area contributed by atoms with E-state index in [1.807, 2.05) is 18.2 Å². The van der Waals surface area contributed by atoms with E-state index in [0.29, 0.717) is 5.88 Å². The number of imidazole rings is 1. The zero-order valence-electron chi connectivity index (χ0n) is 12.1. The summed E-state index contributed by atoms with van der Waals surface area (Å²) in [4.78, 5) is 4.73. The highest BCUT2D eigenvalue weighted by molar-refractivity contribution is 6.17. The van der Waals surface area contributed by atoms with Crippen LogP contribution in [0.25, 0.3) is 16.7 Å². The molecule has 0 saturated carbocycles. The van der Waals surface area contributed by atoms with Crippen LogP contribution in [0.3, 0.4) is 0 Å². The van der Waals surface area contributed by atoms with Gasteiger partial charge in [-0.25, -0.2) is 4.98 Å². The van der Waals surface area contributed by atoms with Crippen LogP contribution in [-0.4, -0.2) is 22.5 Å². The SMILES string of the molecule is COc1cccc(-n2c(CCCl)nc3cc(C)ccc32)c1. The maximum absolute atomic E-state index is 5.93. The minimum atomic E-state index is 0.548. The van der Waals surface area contributed by atoms with Crippen LogP contribution in [0, 0.1) is 6.92 Å². The van der Waals surface area contributed by atoms with E-state index in [1.165, 1.54) is 5.56 Å². The fourth-order valence-electron chi connectivity index (χ4n) is 2.53. The van der Waals surface area contributed by atoms with E-state index >= 15 is 0 Å². The van der Waals surface area contributed by atoms with Crippen molar-refractivity contribution in [3.05, 3.63) is 53.9 Å². The lowest BCUT2D eigenvalue weighted by atomic mass is 10.2. The lowest BCUT2D eigenvalue weighted by Gasteiger charge is -2.10. The molecule has 0 amide bonds. The Morgan fingerprint density at radius 2 is 2.05 bits per heavy atom. The number of fused-ring (bicyclic) bond motifs is 1. The van der Waals surface area contributed by atoms with Crippen molar-refractivity contribution in [2.45, 2.75) is 13.3 Å². The molecule has 2 aromatic carbocycles. The maximum Gasteiger partial charge on any atom is 0.120 e. The number of halogens is 1. The summed E-state index contributed by atoms with van der Waals surface area (Å²) in [6.45, 7) is 2.07. The van der Waals surface area contributed by atoms with Crippen molar-refractivity contribution >= 4 is 22.6 Å². The van der Waals surface area contributed by atoms with Crippen LogP contribution in [-0.2, 0) is 6.42 Å². The first-order chi connectivity index (χ1) is 10.2. The van der Waals surface area contributed by atoms with Crippen molar-refractivity contribution in [3.63, 3.8) is 0 Å². The Morgan fingerprint density at radius 3 is 2.81 bits per heavy atom. The number of nitrogens with zero attached hydrogens (tertiary/aromatic N) is 2. The topological polar surface area (TPSA) is 27.1 Å². The molecule has 0 aliphatic rings. The van der Waals surface area contributed by atoms with Gasteiger partial charge in [0, 0.05) is 18.4 Å². The normalized spacial score (nSPS) is 11.0. The average Bonchev–Trinajstić information content (AvgIpc) is 2.84. The second-order valence-electron chi connectivity index (χ2n) is 5.00. The Balaban J connectivity index is 2.25. The molecule has 1 aromatic heterocycles. The first-order valence-electron chi connectivity index (χ1n) is 6.91. The van der Waals surface area contributed by atoms with Crippen molar-refractivity contribution in [2.24, 2.45) is 0 Å². The molecule has 0 aliphatic heterocycles. The minimum absolute atomic E-state index is 0.548. The van der Waals surface area contributed by atoms with Gasteiger partial charge in [0.05, 0.1) is 23.8 Å². The third kappa shape index (κ3) is 2.61. The van der Waals surface area contributed by atoms with Gasteiger partial charge in [0.2, 0.25) is 0 Å². The van der Waals surface area contributed by atoms with Gasteiger partial charge in [0.25, 0.3) is 0 Å². The van der Waals surface area contributed by atoms with Gasteiger partial charge in [-0.3, -0.25) is 4.57 Å². The summed E-state index contributed by atoms with van der Waals surface area (Å²) in [6.07, 6.45) is 0.729. The second-order valence-corrected chi connectivity index (χ2v) is 5.37. The summed E-state index contributed by atoms with van der Waals surface area (Å²) >= 11 is 5.93. The number of aromatic nitrogens is 2. The van der Waals surface area contributed by atoms with Crippen LogP contribution in [0.1, 0.15) is 11.4 Å². The van der Waals surface area contributed by atoms with Gasteiger partial charge in [0.15, 0.2) is 0 Å². The third-order valence-electron chi connectivity index (χ3n) is 3.51. The molecule has 21 heavy (non-hydrogen) atoms. The molecule has 0 spiro atoms. The number of benzene rings is 2. The van der Waals surface area contributed by atoms with Gasteiger partial charge in [-0.1, -0.05) is 12.1 Å². The van der Waals surface area contributed by atoms with Crippen LogP contribution in [0.15, 0.2) is 42.5 Å². The molecule has 3 rings (SSSR count). The molecular formula is C17H17ClN2O. The quantitative estimate of drug-likeness (QED) is 0.678. The maximum atomic E-state index is 5.93. The summed E-state index contributed by atoms with van der Waals surface area (Å²) in [5, 5.41) is 0. The average molecular weight is 301 g/mol. The summed E-state index contributed by atoms with van der Waals surface area (Å²) in [6, 6.07) is 14.3. The largest absolute Gasteiger partial charge is 0.497 e. The van der Waals surface area contributed by atoms with Crippen LogP contribution in [0.2, 0.25) is 0 Å². The molecule has 0 saturated heterocycles. The number of ether oxygens (including phenoxy) is 1.